The van der Waals surface area contributed by atoms with Gasteiger partial charge in [-0.2, -0.15) is 4.31 Å². The third-order valence-electron chi connectivity index (χ3n) is 3.87. The van der Waals surface area contributed by atoms with Crippen molar-refractivity contribution in [3.05, 3.63) is 29.3 Å². The van der Waals surface area contributed by atoms with Gasteiger partial charge < -0.3 is 9.84 Å². The van der Waals surface area contributed by atoms with E-state index in [-0.39, 0.29) is 17.5 Å². The normalized spacial score (nSPS) is 17.6. The zero-order valence-corrected chi connectivity index (χ0v) is 12.7. The van der Waals surface area contributed by atoms with Crippen LogP contribution < -0.4 is 0 Å². The Bertz CT molecular complexity index is 565. The van der Waals surface area contributed by atoms with Crippen molar-refractivity contribution in [2.45, 2.75) is 37.3 Å². The molecule has 6 heteroatoms. The molecule has 0 aromatic heterocycles. The van der Waals surface area contributed by atoms with Gasteiger partial charge in [-0.15, -0.1) is 0 Å². The number of rotatable bonds is 4. The first-order valence-electron chi connectivity index (χ1n) is 6.73. The highest BCUT2D eigenvalue weighted by Gasteiger charge is 2.29. The molecular weight excluding hydrogens is 278 g/mol. The number of aryl methyl sites for hydroxylation is 1. The van der Waals surface area contributed by atoms with E-state index in [1.54, 1.807) is 25.2 Å². The number of hydrogen-bond acceptors (Lipinski definition) is 4. The number of hydrogen-bond donors (Lipinski definition) is 1. The van der Waals surface area contributed by atoms with E-state index in [0.717, 1.165) is 5.56 Å². The molecule has 1 aliphatic rings. The zero-order valence-electron chi connectivity index (χ0n) is 11.9. The number of sulfonamides is 1. The summed E-state index contributed by atoms with van der Waals surface area (Å²) in [6.45, 7) is 2.89. The smallest absolute Gasteiger partial charge is 0.243 e. The quantitative estimate of drug-likeness (QED) is 0.909. The second kappa shape index (κ2) is 6.22. The van der Waals surface area contributed by atoms with Crippen molar-refractivity contribution in [3.8, 4) is 0 Å². The maximum Gasteiger partial charge on any atom is 0.243 e. The molecule has 0 atom stereocenters. The first-order chi connectivity index (χ1) is 9.46. The molecule has 0 radical (unpaired) electrons. The summed E-state index contributed by atoms with van der Waals surface area (Å²) in [7, 11) is -1.91. The third kappa shape index (κ3) is 3.03. The van der Waals surface area contributed by atoms with Crippen molar-refractivity contribution in [1.82, 2.24) is 4.31 Å². The van der Waals surface area contributed by atoms with E-state index in [1.807, 2.05) is 6.92 Å². The van der Waals surface area contributed by atoms with Crippen LogP contribution in [0.4, 0.5) is 0 Å². The summed E-state index contributed by atoms with van der Waals surface area (Å²) in [5, 5.41) is 9.27. The maximum absolute atomic E-state index is 12.6. The molecule has 1 aliphatic heterocycles. The standard InChI is InChI=1S/C14H21NO4S/c1-11-3-4-14(9-12(11)10-16)20(17,18)15(2)13-5-7-19-8-6-13/h3-4,9,13,16H,5-8,10H2,1-2H3. The minimum Gasteiger partial charge on any atom is -0.392 e. The van der Waals surface area contributed by atoms with E-state index in [1.165, 1.54) is 4.31 Å². The summed E-state index contributed by atoms with van der Waals surface area (Å²) >= 11 is 0. The molecule has 1 aromatic carbocycles. The first kappa shape index (κ1) is 15.4. The van der Waals surface area contributed by atoms with E-state index < -0.39 is 10.0 Å². The fraction of sp³-hybridized carbons (Fsp3) is 0.571. The molecule has 1 N–H and O–H groups in total. The lowest BCUT2D eigenvalue weighted by molar-refractivity contribution is 0.0632. The van der Waals surface area contributed by atoms with E-state index in [0.29, 0.717) is 31.6 Å². The number of aliphatic hydroxyl groups excluding tert-OH is 1. The first-order valence-corrected chi connectivity index (χ1v) is 8.17. The fourth-order valence-electron chi connectivity index (χ4n) is 2.39. The highest BCUT2D eigenvalue weighted by molar-refractivity contribution is 7.89. The molecule has 112 valence electrons. The molecule has 0 amide bonds. The van der Waals surface area contributed by atoms with Gasteiger partial charge in [0.05, 0.1) is 11.5 Å². The number of ether oxygens (including phenoxy) is 1. The summed E-state index contributed by atoms with van der Waals surface area (Å²) < 4.78 is 31.9. The SMILES string of the molecule is Cc1ccc(S(=O)(=O)N(C)C2CCOCC2)cc1CO. The molecule has 2 rings (SSSR count). The van der Waals surface area contributed by atoms with E-state index in [9.17, 15) is 13.5 Å². The molecule has 20 heavy (non-hydrogen) atoms. The Morgan fingerprint density at radius 1 is 1.35 bits per heavy atom. The average molecular weight is 299 g/mol. The Hall–Kier alpha value is -0.950. The number of aliphatic hydroxyl groups is 1. The van der Waals surface area contributed by atoms with Crippen molar-refractivity contribution in [2.24, 2.45) is 0 Å². The lowest BCUT2D eigenvalue weighted by atomic mass is 10.1. The van der Waals surface area contributed by atoms with Crippen molar-refractivity contribution >= 4 is 10.0 Å². The van der Waals surface area contributed by atoms with Gasteiger partial charge in [0.25, 0.3) is 0 Å². The Morgan fingerprint density at radius 2 is 2.00 bits per heavy atom. The Labute approximate surface area is 120 Å². The molecule has 5 nitrogen and oxygen atoms in total. The van der Waals surface area contributed by atoms with Gasteiger partial charge in [-0.1, -0.05) is 6.07 Å². The lowest BCUT2D eigenvalue weighted by Gasteiger charge is -2.30. The van der Waals surface area contributed by atoms with Gasteiger partial charge in [0, 0.05) is 26.3 Å². The van der Waals surface area contributed by atoms with Crippen LogP contribution in [-0.4, -0.2) is 44.1 Å². The molecule has 0 bridgehead atoms. The monoisotopic (exact) mass is 299 g/mol. The number of nitrogens with zero attached hydrogens (tertiary/aromatic N) is 1. The van der Waals surface area contributed by atoms with Gasteiger partial charge in [0.1, 0.15) is 0 Å². The molecule has 0 saturated carbocycles. The lowest BCUT2D eigenvalue weighted by Crippen LogP contribution is -2.40. The fourth-order valence-corrected chi connectivity index (χ4v) is 3.86. The van der Waals surface area contributed by atoms with Crippen LogP contribution in [0.3, 0.4) is 0 Å². The van der Waals surface area contributed by atoms with Crippen molar-refractivity contribution < 1.29 is 18.3 Å². The molecule has 0 spiro atoms. The predicted molar refractivity (Wildman–Crippen MR) is 75.9 cm³/mol. The second-order valence-electron chi connectivity index (χ2n) is 5.11. The van der Waals surface area contributed by atoms with Gasteiger partial charge in [-0.25, -0.2) is 8.42 Å². The van der Waals surface area contributed by atoms with Crippen LogP contribution in [-0.2, 0) is 21.4 Å². The maximum atomic E-state index is 12.6. The Kier molecular flexibility index (Phi) is 4.80. The van der Waals surface area contributed by atoms with Crippen LogP contribution in [0.1, 0.15) is 24.0 Å². The van der Waals surface area contributed by atoms with Crippen LogP contribution >= 0.6 is 0 Å². The van der Waals surface area contributed by atoms with E-state index in [2.05, 4.69) is 0 Å². The zero-order chi connectivity index (χ0) is 14.8. The molecule has 1 fully saturated rings. The van der Waals surface area contributed by atoms with Gasteiger partial charge in [-0.3, -0.25) is 0 Å². The minimum atomic E-state index is -3.52. The molecule has 0 unspecified atom stereocenters. The van der Waals surface area contributed by atoms with E-state index in [4.69, 9.17) is 4.74 Å². The van der Waals surface area contributed by atoms with Crippen LogP contribution in [0.25, 0.3) is 0 Å². The molecule has 1 heterocycles. The topological polar surface area (TPSA) is 66.8 Å². The van der Waals surface area contributed by atoms with Gasteiger partial charge in [0.15, 0.2) is 0 Å². The van der Waals surface area contributed by atoms with Crippen molar-refractivity contribution in [1.29, 1.82) is 0 Å². The largest absolute Gasteiger partial charge is 0.392 e. The second-order valence-corrected chi connectivity index (χ2v) is 7.11. The molecular formula is C14H21NO4S. The predicted octanol–water partition coefficient (Wildman–Crippen LogP) is 1.29. The van der Waals surface area contributed by atoms with Crippen LogP contribution in [0.5, 0.6) is 0 Å². The Balaban J connectivity index is 2.29. The summed E-state index contributed by atoms with van der Waals surface area (Å²) in [5.74, 6) is 0. The molecule has 1 aromatic rings. The van der Waals surface area contributed by atoms with Gasteiger partial charge in [0.2, 0.25) is 10.0 Å². The number of benzene rings is 1. The van der Waals surface area contributed by atoms with Gasteiger partial charge in [-0.05, 0) is 43.0 Å². The third-order valence-corrected chi connectivity index (χ3v) is 5.78. The van der Waals surface area contributed by atoms with Crippen LogP contribution in [0.15, 0.2) is 23.1 Å². The molecule has 1 saturated heterocycles. The summed E-state index contributed by atoms with van der Waals surface area (Å²) in [5.41, 5.74) is 1.53. The highest BCUT2D eigenvalue weighted by atomic mass is 32.2. The summed E-state index contributed by atoms with van der Waals surface area (Å²) in [6, 6.07) is 4.86. The minimum absolute atomic E-state index is 0.0207. The Morgan fingerprint density at radius 3 is 2.60 bits per heavy atom. The van der Waals surface area contributed by atoms with Crippen LogP contribution in [0, 0.1) is 6.92 Å². The van der Waals surface area contributed by atoms with Gasteiger partial charge >= 0.3 is 0 Å². The summed E-state index contributed by atoms with van der Waals surface area (Å²) in [6.07, 6.45) is 1.43. The summed E-state index contributed by atoms with van der Waals surface area (Å²) in [4.78, 5) is 0.237. The van der Waals surface area contributed by atoms with Crippen LogP contribution in [0.2, 0.25) is 0 Å². The highest BCUT2D eigenvalue weighted by Crippen LogP contribution is 2.23. The molecule has 0 aliphatic carbocycles. The average Bonchev–Trinajstić information content (AvgIpc) is 2.47. The van der Waals surface area contributed by atoms with E-state index >= 15 is 0 Å². The van der Waals surface area contributed by atoms with Crippen molar-refractivity contribution in [3.63, 3.8) is 0 Å². The van der Waals surface area contributed by atoms with Crippen molar-refractivity contribution in [2.75, 3.05) is 20.3 Å².